The van der Waals surface area contributed by atoms with Gasteiger partial charge in [0.1, 0.15) is 5.82 Å². The van der Waals surface area contributed by atoms with Gasteiger partial charge in [-0.2, -0.15) is 0 Å². The molecule has 0 aliphatic rings. The van der Waals surface area contributed by atoms with Crippen molar-refractivity contribution in [3.8, 4) is 0 Å². The molecule has 1 heterocycles. The molecule has 1 N–H and O–H groups in total. The Morgan fingerprint density at radius 1 is 1.07 bits per heavy atom. The van der Waals surface area contributed by atoms with Crippen LogP contribution in [0.4, 0.5) is 9.52 Å². The number of nitrogens with one attached hydrogen (secondary N) is 1. The highest BCUT2D eigenvalue weighted by Crippen LogP contribution is 2.28. The first-order chi connectivity index (χ1) is 13.1. The summed E-state index contributed by atoms with van der Waals surface area (Å²) < 4.78 is 13.7. The average molecular weight is 402 g/mol. The van der Waals surface area contributed by atoms with Crippen molar-refractivity contribution in [2.75, 3.05) is 5.32 Å². The Kier molecular flexibility index (Phi) is 6.95. The second-order valence-electron chi connectivity index (χ2n) is 6.04. The van der Waals surface area contributed by atoms with Crippen LogP contribution < -0.4 is 5.32 Å². The van der Waals surface area contributed by atoms with E-state index in [4.69, 9.17) is 0 Å². The van der Waals surface area contributed by atoms with Crippen LogP contribution in [0.2, 0.25) is 0 Å². The van der Waals surface area contributed by atoms with E-state index in [9.17, 15) is 9.18 Å². The molecule has 140 valence electrons. The number of rotatable bonds is 8. The molecule has 0 atom stereocenters. The predicted octanol–water partition coefficient (Wildman–Crippen LogP) is 5.56. The lowest BCUT2D eigenvalue weighted by atomic mass is 10.1. The third kappa shape index (κ3) is 5.87. The summed E-state index contributed by atoms with van der Waals surface area (Å²) in [5, 5.41) is 11.4. The first kappa shape index (κ1) is 19.5. The van der Waals surface area contributed by atoms with Gasteiger partial charge < -0.3 is 0 Å². The lowest BCUT2D eigenvalue weighted by Crippen LogP contribution is -2.11. The molecule has 3 aromatic rings. The largest absolute Gasteiger partial charge is 0.296 e. The lowest BCUT2D eigenvalue weighted by Gasteiger charge is -2.03. The standard InChI is InChI=1S/C20H20FN3OS2/c1-2-3-4-14-5-9-16(10-6-14)18(25)22-19-23-24-20(27-19)26-13-15-7-11-17(21)12-8-15/h5-12H,2-4,13H2,1H3,(H,22,23,25). The van der Waals surface area contributed by atoms with Crippen molar-refractivity contribution in [2.45, 2.75) is 36.3 Å². The Bertz CT molecular complexity index is 879. The van der Waals surface area contributed by atoms with E-state index in [0.29, 0.717) is 16.4 Å². The second kappa shape index (κ2) is 9.62. The zero-order valence-corrected chi connectivity index (χ0v) is 16.6. The number of nitrogens with zero attached hydrogens (tertiary/aromatic N) is 2. The molecular formula is C20H20FN3OS2. The highest BCUT2D eigenvalue weighted by Gasteiger charge is 2.11. The van der Waals surface area contributed by atoms with Crippen molar-refractivity contribution in [1.29, 1.82) is 0 Å². The zero-order chi connectivity index (χ0) is 19.1. The Morgan fingerprint density at radius 2 is 1.78 bits per heavy atom. The highest BCUT2D eigenvalue weighted by atomic mass is 32.2. The molecule has 7 heteroatoms. The van der Waals surface area contributed by atoms with E-state index in [1.165, 1.54) is 40.8 Å². The molecule has 0 fully saturated rings. The molecule has 0 spiro atoms. The molecule has 0 saturated heterocycles. The quantitative estimate of drug-likeness (QED) is 0.396. The van der Waals surface area contributed by atoms with Crippen LogP contribution in [0.5, 0.6) is 0 Å². The van der Waals surface area contributed by atoms with Gasteiger partial charge in [-0.1, -0.05) is 60.7 Å². The fourth-order valence-corrected chi connectivity index (χ4v) is 4.12. The van der Waals surface area contributed by atoms with E-state index in [1.54, 1.807) is 12.1 Å². The van der Waals surface area contributed by atoms with Gasteiger partial charge in [-0.05, 0) is 48.2 Å². The van der Waals surface area contributed by atoms with Gasteiger partial charge in [-0.25, -0.2) is 4.39 Å². The van der Waals surface area contributed by atoms with Crippen LogP contribution >= 0.6 is 23.1 Å². The van der Waals surface area contributed by atoms with Gasteiger partial charge >= 0.3 is 0 Å². The highest BCUT2D eigenvalue weighted by molar-refractivity contribution is 8.00. The maximum Gasteiger partial charge on any atom is 0.257 e. The van der Waals surface area contributed by atoms with Crippen molar-refractivity contribution in [3.63, 3.8) is 0 Å². The Hall–Kier alpha value is -2.25. The molecule has 3 rings (SSSR count). The summed E-state index contributed by atoms with van der Waals surface area (Å²) in [6.07, 6.45) is 3.33. The monoisotopic (exact) mass is 401 g/mol. The summed E-state index contributed by atoms with van der Waals surface area (Å²) >= 11 is 2.83. The van der Waals surface area contributed by atoms with Crippen LogP contribution in [0, 0.1) is 5.82 Å². The maximum absolute atomic E-state index is 12.9. The minimum Gasteiger partial charge on any atom is -0.296 e. The van der Waals surface area contributed by atoms with Crippen LogP contribution in [0.15, 0.2) is 52.9 Å². The minimum atomic E-state index is -0.247. The van der Waals surface area contributed by atoms with E-state index in [1.807, 2.05) is 24.3 Å². The van der Waals surface area contributed by atoms with Crippen LogP contribution in [0.3, 0.4) is 0 Å². The van der Waals surface area contributed by atoms with Crippen molar-refractivity contribution >= 4 is 34.1 Å². The number of carbonyl (C=O) groups excluding carboxylic acids is 1. The van der Waals surface area contributed by atoms with Crippen molar-refractivity contribution in [1.82, 2.24) is 10.2 Å². The zero-order valence-electron chi connectivity index (χ0n) is 14.9. The van der Waals surface area contributed by atoms with E-state index in [-0.39, 0.29) is 11.7 Å². The minimum absolute atomic E-state index is 0.191. The Labute approximate surface area is 166 Å². The normalized spacial score (nSPS) is 10.7. The van der Waals surface area contributed by atoms with Crippen LogP contribution in [-0.2, 0) is 12.2 Å². The molecule has 0 unspecified atom stereocenters. The van der Waals surface area contributed by atoms with Gasteiger partial charge in [0.05, 0.1) is 0 Å². The summed E-state index contributed by atoms with van der Waals surface area (Å²) in [7, 11) is 0. The number of anilines is 1. The van der Waals surface area contributed by atoms with Crippen LogP contribution in [0.1, 0.15) is 41.3 Å². The molecule has 1 amide bonds. The summed E-state index contributed by atoms with van der Waals surface area (Å²) in [4.78, 5) is 12.3. The van der Waals surface area contributed by atoms with Gasteiger partial charge in [0.25, 0.3) is 5.91 Å². The van der Waals surface area contributed by atoms with E-state index >= 15 is 0 Å². The van der Waals surface area contributed by atoms with Gasteiger partial charge in [0.2, 0.25) is 5.13 Å². The number of hydrogen-bond acceptors (Lipinski definition) is 5. The molecule has 0 bridgehead atoms. The second-order valence-corrected chi connectivity index (χ2v) is 8.24. The fourth-order valence-electron chi connectivity index (χ4n) is 2.42. The van der Waals surface area contributed by atoms with Crippen LogP contribution in [0.25, 0.3) is 0 Å². The third-order valence-corrected chi connectivity index (χ3v) is 5.98. The first-order valence-electron chi connectivity index (χ1n) is 8.75. The molecule has 0 aliphatic heterocycles. The summed E-state index contributed by atoms with van der Waals surface area (Å²) in [6.45, 7) is 2.16. The number of thioether (sulfide) groups is 1. The summed E-state index contributed by atoms with van der Waals surface area (Å²) in [6, 6.07) is 14.0. The molecule has 1 aromatic heterocycles. The molecular weight excluding hydrogens is 381 g/mol. The van der Waals surface area contributed by atoms with Gasteiger partial charge in [0, 0.05) is 11.3 Å². The number of unbranched alkanes of at least 4 members (excludes halogenated alkanes) is 1. The van der Waals surface area contributed by atoms with Gasteiger partial charge in [-0.15, -0.1) is 10.2 Å². The fraction of sp³-hybridized carbons (Fsp3) is 0.250. The Balaban J connectivity index is 1.53. The topological polar surface area (TPSA) is 54.9 Å². The number of carbonyl (C=O) groups is 1. The molecule has 0 aliphatic carbocycles. The molecule has 2 aromatic carbocycles. The van der Waals surface area contributed by atoms with Gasteiger partial charge in [-0.3, -0.25) is 10.1 Å². The number of halogens is 1. The van der Waals surface area contributed by atoms with Crippen molar-refractivity contribution in [2.24, 2.45) is 0 Å². The van der Waals surface area contributed by atoms with Crippen LogP contribution in [-0.4, -0.2) is 16.1 Å². The number of aromatic nitrogens is 2. The average Bonchev–Trinajstić information content (AvgIpc) is 3.13. The van der Waals surface area contributed by atoms with Crippen molar-refractivity contribution < 1.29 is 9.18 Å². The number of hydrogen-bond donors (Lipinski definition) is 1. The Morgan fingerprint density at radius 3 is 2.48 bits per heavy atom. The maximum atomic E-state index is 12.9. The third-order valence-electron chi connectivity index (χ3n) is 3.94. The number of amides is 1. The first-order valence-corrected chi connectivity index (χ1v) is 10.6. The molecule has 27 heavy (non-hydrogen) atoms. The molecule has 0 saturated carbocycles. The lowest BCUT2D eigenvalue weighted by molar-refractivity contribution is 0.102. The molecule has 4 nitrogen and oxygen atoms in total. The smallest absolute Gasteiger partial charge is 0.257 e. The van der Waals surface area contributed by atoms with Crippen molar-refractivity contribution in [3.05, 3.63) is 71.0 Å². The SMILES string of the molecule is CCCCc1ccc(C(=O)Nc2nnc(SCc3ccc(F)cc3)s2)cc1. The number of aryl methyl sites for hydroxylation is 1. The van der Waals surface area contributed by atoms with E-state index in [0.717, 1.165) is 29.2 Å². The predicted molar refractivity (Wildman–Crippen MR) is 109 cm³/mol. The number of benzene rings is 2. The summed E-state index contributed by atoms with van der Waals surface area (Å²) in [5.74, 6) is 0.230. The van der Waals surface area contributed by atoms with E-state index in [2.05, 4.69) is 22.4 Å². The van der Waals surface area contributed by atoms with E-state index < -0.39 is 0 Å². The summed E-state index contributed by atoms with van der Waals surface area (Å²) in [5.41, 5.74) is 2.85. The van der Waals surface area contributed by atoms with Gasteiger partial charge in [0.15, 0.2) is 4.34 Å². The molecule has 0 radical (unpaired) electrons.